The monoisotopic (exact) mass is 288 g/mol. The Labute approximate surface area is 122 Å². The van der Waals surface area contributed by atoms with Crippen LogP contribution in [0.4, 0.5) is 0 Å². The zero-order valence-electron chi connectivity index (χ0n) is 11.5. The van der Waals surface area contributed by atoms with Crippen LogP contribution < -0.4 is 4.74 Å². The molecule has 0 bridgehead atoms. The van der Waals surface area contributed by atoms with E-state index in [1.54, 1.807) is 24.3 Å². The highest BCUT2D eigenvalue weighted by atomic mass is 16.5. The Kier molecular flexibility index (Phi) is 4.77. The van der Waals surface area contributed by atoms with Crippen LogP contribution in [-0.4, -0.2) is 41.1 Å². The van der Waals surface area contributed by atoms with Crippen LogP contribution in [-0.2, 0) is 9.59 Å². The van der Waals surface area contributed by atoms with Crippen LogP contribution in [0.5, 0.6) is 5.75 Å². The standard InChI is InChI=1S/C15H16N2O4/c16-9-11-4-6-12(7-5-11)21-10-14(18)17-8-2-1-3-13(17)15(19)20/h4-7,13H,1-3,8,10H2,(H,19,20). The van der Waals surface area contributed by atoms with E-state index in [0.717, 1.165) is 12.8 Å². The molecule has 1 aromatic carbocycles. The maximum absolute atomic E-state index is 12.1. The normalized spacial score (nSPS) is 17.9. The van der Waals surface area contributed by atoms with E-state index < -0.39 is 12.0 Å². The van der Waals surface area contributed by atoms with Crippen molar-refractivity contribution in [1.29, 1.82) is 5.26 Å². The zero-order chi connectivity index (χ0) is 15.2. The highest BCUT2D eigenvalue weighted by molar-refractivity contribution is 5.84. The fourth-order valence-corrected chi connectivity index (χ4v) is 2.34. The zero-order valence-corrected chi connectivity index (χ0v) is 11.5. The van der Waals surface area contributed by atoms with Gasteiger partial charge < -0.3 is 14.7 Å². The average molecular weight is 288 g/mol. The summed E-state index contributed by atoms with van der Waals surface area (Å²) < 4.78 is 5.36. The molecule has 0 aliphatic carbocycles. The first kappa shape index (κ1) is 14.9. The van der Waals surface area contributed by atoms with Gasteiger partial charge in [-0.15, -0.1) is 0 Å². The van der Waals surface area contributed by atoms with E-state index in [9.17, 15) is 9.59 Å². The van der Waals surface area contributed by atoms with Crippen molar-refractivity contribution < 1.29 is 19.4 Å². The first-order valence-electron chi connectivity index (χ1n) is 6.77. The van der Waals surface area contributed by atoms with Gasteiger partial charge in [-0.1, -0.05) is 0 Å². The van der Waals surface area contributed by atoms with E-state index in [1.165, 1.54) is 4.90 Å². The number of nitriles is 1. The number of hydrogen-bond acceptors (Lipinski definition) is 4. The van der Waals surface area contributed by atoms with Gasteiger partial charge in [0.25, 0.3) is 5.91 Å². The Hall–Kier alpha value is -2.55. The van der Waals surface area contributed by atoms with Crippen molar-refractivity contribution in [3.63, 3.8) is 0 Å². The Morgan fingerprint density at radius 2 is 2.05 bits per heavy atom. The Morgan fingerprint density at radius 1 is 1.33 bits per heavy atom. The second kappa shape index (κ2) is 6.75. The smallest absolute Gasteiger partial charge is 0.326 e. The minimum Gasteiger partial charge on any atom is -0.484 e. The van der Waals surface area contributed by atoms with Crippen LogP contribution in [0, 0.1) is 11.3 Å². The number of carboxylic acids is 1. The summed E-state index contributed by atoms with van der Waals surface area (Å²) in [5.41, 5.74) is 0.510. The van der Waals surface area contributed by atoms with E-state index in [-0.39, 0.29) is 12.5 Å². The van der Waals surface area contributed by atoms with Crippen LogP contribution in [0.15, 0.2) is 24.3 Å². The van der Waals surface area contributed by atoms with Crippen molar-refractivity contribution in [3.8, 4) is 11.8 Å². The summed E-state index contributed by atoms with van der Waals surface area (Å²) in [7, 11) is 0. The van der Waals surface area contributed by atoms with E-state index in [4.69, 9.17) is 15.1 Å². The molecule has 0 spiro atoms. The number of aliphatic carboxylic acids is 1. The topological polar surface area (TPSA) is 90.6 Å². The molecule has 1 aliphatic heterocycles. The van der Waals surface area contributed by atoms with Crippen LogP contribution in [0.3, 0.4) is 0 Å². The molecule has 0 aromatic heterocycles. The maximum Gasteiger partial charge on any atom is 0.326 e. The van der Waals surface area contributed by atoms with Gasteiger partial charge in [0.15, 0.2) is 6.61 Å². The summed E-state index contributed by atoms with van der Waals surface area (Å²) in [5, 5.41) is 17.8. The molecule has 1 fully saturated rings. The number of ether oxygens (including phenoxy) is 1. The lowest BCUT2D eigenvalue weighted by Crippen LogP contribution is -2.49. The van der Waals surface area contributed by atoms with Gasteiger partial charge in [0.05, 0.1) is 11.6 Å². The molecule has 1 unspecified atom stereocenters. The van der Waals surface area contributed by atoms with Gasteiger partial charge in [0.2, 0.25) is 0 Å². The fraction of sp³-hybridized carbons (Fsp3) is 0.400. The number of hydrogen-bond donors (Lipinski definition) is 1. The maximum atomic E-state index is 12.1. The summed E-state index contributed by atoms with van der Waals surface area (Å²) in [6, 6.07) is 7.65. The number of benzene rings is 1. The van der Waals surface area contributed by atoms with Gasteiger partial charge in [0, 0.05) is 6.54 Å². The van der Waals surface area contributed by atoms with Gasteiger partial charge >= 0.3 is 5.97 Å². The van der Waals surface area contributed by atoms with Crippen molar-refractivity contribution in [1.82, 2.24) is 4.90 Å². The third-order valence-electron chi connectivity index (χ3n) is 3.45. The summed E-state index contributed by atoms with van der Waals surface area (Å²) in [6.45, 7) is 0.252. The van der Waals surface area contributed by atoms with E-state index in [1.807, 2.05) is 6.07 Å². The number of rotatable bonds is 4. The van der Waals surface area contributed by atoms with Gasteiger partial charge in [-0.3, -0.25) is 4.79 Å². The largest absolute Gasteiger partial charge is 0.484 e. The molecule has 2 rings (SSSR count). The van der Waals surface area contributed by atoms with E-state index in [2.05, 4.69) is 0 Å². The third kappa shape index (κ3) is 3.72. The minimum atomic E-state index is -0.971. The molecule has 1 aliphatic rings. The molecular formula is C15H16N2O4. The summed E-state index contributed by atoms with van der Waals surface area (Å²) >= 11 is 0. The van der Waals surface area contributed by atoms with Crippen LogP contribution in [0.2, 0.25) is 0 Å². The second-order valence-electron chi connectivity index (χ2n) is 4.86. The molecular weight excluding hydrogens is 272 g/mol. The van der Waals surface area contributed by atoms with Gasteiger partial charge in [0.1, 0.15) is 11.8 Å². The first-order valence-corrected chi connectivity index (χ1v) is 6.77. The molecule has 110 valence electrons. The fourth-order valence-electron chi connectivity index (χ4n) is 2.34. The lowest BCUT2D eigenvalue weighted by Gasteiger charge is -2.32. The predicted molar refractivity (Wildman–Crippen MR) is 73.6 cm³/mol. The van der Waals surface area contributed by atoms with Crippen LogP contribution in [0.25, 0.3) is 0 Å². The molecule has 6 heteroatoms. The highest BCUT2D eigenvalue weighted by Crippen LogP contribution is 2.18. The van der Waals surface area contributed by atoms with E-state index >= 15 is 0 Å². The van der Waals surface area contributed by atoms with Crippen LogP contribution >= 0.6 is 0 Å². The number of piperidine rings is 1. The molecule has 1 heterocycles. The molecule has 1 saturated heterocycles. The Balaban J connectivity index is 1.93. The number of nitrogens with zero attached hydrogens (tertiary/aromatic N) is 2. The van der Waals surface area contributed by atoms with Crippen molar-refractivity contribution in [3.05, 3.63) is 29.8 Å². The molecule has 1 aromatic rings. The van der Waals surface area contributed by atoms with Gasteiger partial charge in [-0.05, 0) is 43.5 Å². The lowest BCUT2D eigenvalue weighted by molar-refractivity contribution is -0.152. The third-order valence-corrected chi connectivity index (χ3v) is 3.45. The molecule has 1 amide bonds. The molecule has 1 N–H and O–H groups in total. The number of carboxylic acid groups (broad SMARTS) is 1. The minimum absolute atomic E-state index is 0.199. The lowest BCUT2D eigenvalue weighted by atomic mass is 10.0. The molecule has 21 heavy (non-hydrogen) atoms. The molecule has 1 atom stereocenters. The molecule has 0 radical (unpaired) electrons. The van der Waals surface area contributed by atoms with Crippen molar-refractivity contribution in [2.75, 3.05) is 13.2 Å². The van der Waals surface area contributed by atoms with Gasteiger partial charge in [-0.25, -0.2) is 4.79 Å². The van der Waals surface area contributed by atoms with Crippen molar-refractivity contribution in [2.24, 2.45) is 0 Å². The number of carbonyl (C=O) groups excluding carboxylic acids is 1. The van der Waals surface area contributed by atoms with Crippen molar-refractivity contribution >= 4 is 11.9 Å². The van der Waals surface area contributed by atoms with Crippen LogP contribution in [0.1, 0.15) is 24.8 Å². The summed E-state index contributed by atoms with van der Waals surface area (Å²) in [5.74, 6) is -0.820. The second-order valence-corrected chi connectivity index (χ2v) is 4.86. The SMILES string of the molecule is N#Cc1ccc(OCC(=O)N2CCCCC2C(=O)O)cc1. The predicted octanol–water partition coefficient (Wildman–Crippen LogP) is 1.40. The summed E-state index contributed by atoms with van der Waals surface area (Å²) in [6.07, 6.45) is 2.11. The van der Waals surface area contributed by atoms with Crippen molar-refractivity contribution in [2.45, 2.75) is 25.3 Å². The number of carbonyl (C=O) groups is 2. The molecule has 0 saturated carbocycles. The average Bonchev–Trinajstić information content (AvgIpc) is 2.53. The highest BCUT2D eigenvalue weighted by Gasteiger charge is 2.31. The Morgan fingerprint density at radius 3 is 2.67 bits per heavy atom. The number of amides is 1. The summed E-state index contributed by atoms with van der Waals surface area (Å²) in [4.78, 5) is 24.6. The first-order chi connectivity index (χ1) is 10.1. The Bertz CT molecular complexity index is 562. The van der Waals surface area contributed by atoms with E-state index in [0.29, 0.717) is 24.3 Å². The van der Waals surface area contributed by atoms with Gasteiger partial charge in [-0.2, -0.15) is 5.26 Å². The quantitative estimate of drug-likeness (QED) is 0.904. The molecule has 6 nitrogen and oxygen atoms in total. The number of likely N-dealkylation sites (tertiary alicyclic amines) is 1.